The monoisotopic (exact) mass is 295 g/mol. The molecule has 0 unspecified atom stereocenters. The molecule has 0 aliphatic rings. The molecule has 0 bridgehead atoms. The Morgan fingerprint density at radius 2 is 2.23 bits per heavy atom. The number of rotatable bonds is 1. The van der Waals surface area contributed by atoms with Crippen molar-refractivity contribution >= 4 is 28.4 Å². The maximum atomic E-state index is 12.3. The number of hydrogen-bond donors (Lipinski definition) is 1. The molecule has 0 atom stereocenters. The first kappa shape index (κ1) is 10.1. The summed E-state index contributed by atoms with van der Waals surface area (Å²) in [6.45, 7) is 0. The summed E-state index contributed by atoms with van der Waals surface area (Å²) in [5.41, 5.74) is 4.63. The number of alkyl halides is 2. The number of halogens is 3. The van der Waals surface area contributed by atoms with Crippen LogP contribution in [0.3, 0.4) is 0 Å². The number of hydrogen-bond acceptors (Lipinski definition) is 3. The number of nitriles is 1. The topological polar surface area (TPSA) is 62.7 Å². The van der Waals surface area contributed by atoms with E-state index in [1.165, 1.54) is 6.07 Å². The second-order valence-corrected chi connectivity index (χ2v) is 3.36. The Morgan fingerprint density at radius 1 is 1.62 bits per heavy atom. The van der Waals surface area contributed by atoms with Gasteiger partial charge in [-0.2, -0.15) is 5.26 Å². The second kappa shape index (κ2) is 3.83. The summed E-state index contributed by atoms with van der Waals surface area (Å²) in [7, 11) is 0. The molecule has 0 fully saturated rings. The Kier molecular flexibility index (Phi) is 2.98. The predicted molar refractivity (Wildman–Crippen MR) is 51.0 cm³/mol. The Morgan fingerprint density at radius 3 is 2.69 bits per heavy atom. The fourth-order valence-corrected chi connectivity index (χ4v) is 1.21. The van der Waals surface area contributed by atoms with E-state index < -0.39 is 12.1 Å². The van der Waals surface area contributed by atoms with Gasteiger partial charge in [0.1, 0.15) is 17.6 Å². The van der Waals surface area contributed by atoms with E-state index in [0.29, 0.717) is 3.57 Å². The lowest BCUT2D eigenvalue weighted by Crippen LogP contribution is -2.02. The van der Waals surface area contributed by atoms with Crippen LogP contribution >= 0.6 is 22.6 Å². The highest BCUT2D eigenvalue weighted by atomic mass is 127. The summed E-state index contributed by atoms with van der Waals surface area (Å²) in [6, 6.07) is 2.94. The van der Waals surface area contributed by atoms with Gasteiger partial charge in [0, 0.05) is 0 Å². The van der Waals surface area contributed by atoms with Crippen molar-refractivity contribution in [2.45, 2.75) is 6.43 Å². The van der Waals surface area contributed by atoms with Crippen LogP contribution in [0.1, 0.15) is 17.7 Å². The summed E-state index contributed by atoms with van der Waals surface area (Å²) >= 11 is 1.83. The second-order valence-electron chi connectivity index (χ2n) is 2.20. The molecule has 0 aliphatic heterocycles. The lowest BCUT2D eigenvalue weighted by atomic mass is 10.2. The minimum atomic E-state index is -2.77. The minimum Gasteiger partial charge on any atom is -0.383 e. The first-order valence-corrected chi connectivity index (χ1v) is 4.28. The fourth-order valence-electron chi connectivity index (χ4n) is 0.774. The molecule has 3 nitrogen and oxygen atoms in total. The van der Waals surface area contributed by atoms with Gasteiger partial charge in [-0.1, -0.05) is 0 Å². The van der Waals surface area contributed by atoms with E-state index in [2.05, 4.69) is 4.98 Å². The molecule has 0 radical (unpaired) electrons. The summed E-state index contributed by atoms with van der Waals surface area (Å²) in [6.07, 6.45) is -2.77. The van der Waals surface area contributed by atoms with Crippen molar-refractivity contribution in [3.05, 3.63) is 20.9 Å². The first-order valence-electron chi connectivity index (χ1n) is 3.20. The molecule has 2 N–H and O–H groups in total. The van der Waals surface area contributed by atoms with Crippen LogP contribution in [0.25, 0.3) is 0 Å². The zero-order chi connectivity index (χ0) is 10.0. The molecule has 0 spiro atoms. The van der Waals surface area contributed by atoms with E-state index in [1.54, 1.807) is 6.07 Å². The highest BCUT2D eigenvalue weighted by molar-refractivity contribution is 14.1. The van der Waals surface area contributed by atoms with Gasteiger partial charge >= 0.3 is 0 Å². The first-order chi connectivity index (χ1) is 6.06. The van der Waals surface area contributed by atoms with Crippen molar-refractivity contribution in [1.82, 2.24) is 4.98 Å². The lowest BCUT2D eigenvalue weighted by molar-refractivity contribution is 0.146. The van der Waals surface area contributed by atoms with E-state index in [9.17, 15) is 8.78 Å². The molecule has 13 heavy (non-hydrogen) atoms. The largest absolute Gasteiger partial charge is 0.383 e. The molecule has 6 heteroatoms. The van der Waals surface area contributed by atoms with Gasteiger partial charge < -0.3 is 5.73 Å². The van der Waals surface area contributed by atoms with Crippen molar-refractivity contribution in [2.24, 2.45) is 0 Å². The van der Waals surface area contributed by atoms with E-state index in [-0.39, 0.29) is 11.4 Å². The average Bonchev–Trinajstić information content (AvgIpc) is 2.08. The average molecular weight is 295 g/mol. The maximum absolute atomic E-state index is 12.3. The van der Waals surface area contributed by atoms with Gasteiger partial charge in [-0.05, 0) is 28.7 Å². The van der Waals surface area contributed by atoms with E-state index in [1.807, 2.05) is 22.6 Å². The van der Waals surface area contributed by atoms with Crippen LogP contribution in [0, 0.1) is 14.9 Å². The smallest absolute Gasteiger partial charge is 0.281 e. The van der Waals surface area contributed by atoms with E-state index in [0.717, 1.165) is 0 Å². The summed E-state index contributed by atoms with van der Waals surface area (Å²) < 4.78 is 25.0. The van der Waals surface area contributed by atoms with Gasteiger partial charge in [0.15, 0.2) is 0 Å². The van der Waals surface area contributed by atoms with Crippen molar-refractivity contribution in [3.8, 4) is 6.07 Å². The van der Waals surface area contributed by atoms with Crippen molar-refractivity contribution < 1.29 is 8.78 Å². The number of nitrogen functional groups attached to an aromatic ring is 1. The Balaban J connectivity index is 3.35. The number of aromatic nitrogens is 1. The van der Waals surface area contributed by atoms with Gasteiger partial charge in [-0.3, -0.25) is 0 Å². The minimum absolute atomic E-state index is 0.0231. The molecule has 0 aromatic carbocycles. The lowest BCUT2D eigenvalue weighted by Gasteiger charge is -2.04. The fraction of sp³-hybridized carbons (Fsp3) is 0.143. The maximum Gasteiger partial charge on any atom is 0.281 e. The normalized spacial score (nSPS) is 10.1. The van der Waals surface area contributed by atoms with Crippen LogP contribution in [0.2, 0.25) is 0 Å². The van der Waals surface area contributed by atoms with Crippen LogP contribution in [-0.4, -0.2) is 4.98 Å². The van der Waals surface area contributed by atoms with Crippen LogP contribution in [0.5, 0.6) is 0 Å². The van der Waals surface area contributed by atoms with Crippen LogP contribution in [-0.2, 0) is 0 Å². The molecule has 68 valence electrons. The standard InChI is InChI=1S/C7H4F2IN3/c8-6(9)5-3(2-11)1-4(10)7(12)13-5/h1,6H,(H2,12,13). The Bertz CT molecular complexity index is 373. The molecule has 1 rings (SSSR count). The Hall–Kier alpha value is -0.970. The number of nitrogens with zero attached hydrogens (tertiary/aromatic N) is 2. The summed E-state index contributed by atoms with van der Waals surface area (Å²) in [4.78, 5) is 3.44. The molecule has 0 saturated heterocycles. The molecule has 1 aromatic heterocycles. The van der Waals surface area contributed by atoms with Gasteiger partial charge in [-0.25, -0.2) is 13.8 Å². The van der Waals surface area contributed by atoms with Gasteiger partial charge in [0.2, 0.25) is 0 Å². The van der Waals surface area contributed by atoms with Crippen molar-refractivity contribution in [3.63, 3.8) is 0 Å². The van der Waals surface area contributed by atoms with Crippen LogP contribution < -0.4 is 5.73 Å². The quantitative estimate of drug-likeness (QED) is 0.807. The van der Waals surface area contributed by atoms with Crippen LogP contribution in [0.4, 0.5) is 14.6 Å². The number of nitrogens with two attached hydrogens (primary N) is 1. The third-order valence-corrected chi connectivity index (χ3v) is 2.22. The molecule has 0 amide bonds. The van der Waals surface area contributed by atoms with Crippen LogP contribution in [0.15, 0.2) is 6.07 Å². The zero-order valence-corrected chi connectivity index (χ0v) is 8.42. The summed E-state index contributed by atoms with van der Waals surface area (Å²) in [5.74, 6) is 0.0231. The van der Waals surface area contributed by atoms with Crippen molar-refractivity contribution in [1.29, 1.82) is 5.26 Å². The predicted octanol–water partition coefficient (Wildman–Crippen LogP) is 2.08. The summed E-state index contributed by atoms with van der Waals surface area (Å²) in [5, 5.41) is 8.52. The number of pyridine rings is 1. The molecular weight excluding hydrogens is 291 g/mol. The van der Waals surface area contributed by atoms with Gasteiger partial charge in [0.25, 0.3) is 6.43 Å². The van der Waals surface area contributed by atoms with E-state index in [4.69, 9.17) is 11.0 Å². The molecule has 0 aliphatic carbocycles. The highest BCUT2D eigenvalue weighted by Crippen LogP contribution is 2.24. The SMILES string of the molecule is N#Cc1cc(I)c(N)nc1C(F)F. The molecule has 1 aromatic rings. The number of anilines is 1. The molecule has 0 saturated carbocycles. The van der Waals surface area contributed by atoms with Crippen molar-refractivity contribution in [2.75, 3.05) is 5.73 Å². The molecular formula is C7H4F2IN3. The molecule has 1 heterocycles. The van der Waals surface area contributed by atoms with Gasteiger partial charge in [0.05, 0.1) is 9.13 Å². The zero-order valence-electron chi connectivity index (χ0n) is 6.26. The highest BCUT2D eigenvalue weighted by Gasteiger charge is 2.16. The van der Waals surface area contributed by atoms with Gasteiger partial charge in [-0.15, -0.1) is 0 Å². The Labute approximate surface area is 86.7 Å². The third-order valence-electron chi connectivity index (χ3n) is 1.36. The third kappa shape index (κ3) is 2.03. The van der Waals surface area contributed by atoms with E-state index >= 15 is 0 Å².